The van der Waals surface area contributed by atoms with Crippen molar-refractivity contribution in [1.29, 1.82) is 5.26 Å². The van der Waals surface area contributed by atoms with E-state index in [2.05, 4.69) is 0 Å². The van der Waals surface area contributed by atoms with Crippen molar-refractivity contribution in [3.8, 4) is 6.07 Å². The molecule has 1 N–H and O–H groups in total. The predicted molar refractivity (Wildman–Crippen MR) is 114 cm³/mol. The molecule has 31 heavy (non-hydrogen) atoms. The van der Waals surface area contributed by atoms with E-state index < -0.39 is 35.3 Å². The molecule has 3 rings (SSSR count). The third-order valence-corrected chi connectivity index (χ3v) is 6.58. The Labute approximate surface area is 184 Å². The average molecular weight is 441 g/mol. The Hall–Kier alpha value is -3.18. The number of carbonyl (C=O) groups is 3. The van der Waals surface area contributed by atoms with Gasteiger partial charge in [-0.1, -0.05) is 19.9 Å². The fraction of sp³-hybridized carbons (Fsp3) is 0.391. The molecule has 0 bridgehead atoms. The van der Waals surface area contributed by atoms with Crippen LogP contribution in [-0.2, 0) is 14.3 Å². The lowest BCUT2D eigenvalue weighted by molar-refractivity contribution is -0.150. The van der Waals surface area contributed by atoms with Crippen LogP contribution in [0.1, 0.15) is 53.5 Å². The van der Waals surface area contributed by atoms with E-state index in [4.69, 9.17) is 10.00 Å². The fourth-order valence-corrected chi connectivity index (χ4v) is 5.33. The standard InChI is InChI=1S/C23H24N2O5S/c1-14(2)11-23(22(28)29)12-17(21(27)30-3)19(18-5-4-10-31-18)25(23)20(26)16-8-6-15(13-24)7-9-16/h4-10,14,17,19H,11-12H2,1-3H3,(H,28,29). The molecule has 0 aliphatic carbocycles. The number of esters is 1. The van der Waals surface area contributed by atoms with Crippen molar-refractivity contribution in [2.45, 2.75) is 38.3 Å². The normalized spacial score (nSPS) is 22.9. The first kappa shape index (κ1) is 22.5. The summed E-state index contributed by atoms with van der Waals surface area (Å²) in [6.07, 6.45) is 0.164. The van der Waals surface area contributed by atoms with Crippen LogP contribution in [0.4, 0.5) is 0 Å². The van der Waals surface area contributed by atoms with Gasteiger partial charge >= 0.3 is 11.9 Å². The second-order valence-corrected chi connectivity index (χ2v) is 9.07. The van der Waals surface area contributed by atoms with Gasteiger partial charge < -0.3 is 14.7 Å². The number of aliphatic carboxylic acids is 1. The minimum Gasteiger partial charge on any atom is -0.479 e. The molecule has 2 heterocycles. The molecule has 1 aliphatic rings. The number of ether oxygens (including phenoxy) is 1. The number of carboxylic acids is 1. The van der Waals surface area contributed by atoms with Crippen molar-refractivity contribution in [2.24, 2.45) is 11.8 Å². The van der Waals surface area contributed by atoms with Crippen LogP contribution < -0.4 is 0 Å². The molecule has 8 heteroatoms. The molecule has 1 aromatic heterocycles. The molecule has 3 atom stereocenters. The second kappa shape index (κ2) is 8.90. The molecule has 1 aromatic carbocycles. The SMILES string of the molecule is COC(=O)C1CC(CC(C)C)(C(=O)O)N(C(=O)c2ccc(C#N)cc2)C1c1cccs1. The maximum absolute atomic E-state index is 13.7. The van der Waals surface area contributed by atoms with E-state index in [9.17, 15) is 19.5 Å². The third-order valence-electron chi connectivity index (χ3n) is 5.64. The first-order valence-corrected chi connectivity index (χ1v) is 10.8. The van der Waals surface area contributed by atoms with Crippen molar-refractivity contribution in [2.75, 3.05) is 7.11 Å². The zero-order valence-corrected chi connectivity index (χ0v) is 18.4. The Balaban J connectivity index is 2.21. The largest absolute Gasteiger partial charge is 0.479 e. The zero-order valence-electron chi connectivity index (χ0n) is 17.6. The van der Waals surface area contributed by atoms with E-state index in [1.165, 1.54) is 47.6 Å². The molecule has 162 valence electrons. The maximum Gasteiger partial charge on any atom is 0.329 e. The van der Waals surface area contributed by atoms with Gasteiger partial charge in [-0.3, -0.25) is 9.59 Å². The van der Waals surface area contributed by atoms with Crippen LogP contribution in [0.25, 0.3) is 0 Å². The van der Waals surface area contributed by atoms with E-state index >= 15 is 0 Å². The lowest BCUT2D eigenvalue weighted by Gasteiger charge is -2.39. The number of likely N-dealkylation sites (tertiary alicyclic amines) is 1. The molecule has 0 radical (unpaired) electrons. The summed E-state index contributed by atoms with van der Waals surface area (Å²) in [5, 5.41) is 21.2. The molecule has 0 saturated carbocycles. The van der Waals surface area contributed by atoms with E-state index in [0.29, 0.717) is 5.56 Å². The molecule has 2 aromatic rings. The number of rotatable bonds is 6. The van der Waals surface area contributed by atoms with Crippen LogP contribution in [0.2, 0.25) is 0 Å². The van der Waals surface area contributed by atoms with E-state index in [-0.39, 0.29) is 24.3 Å². The number of carbonyl (C=O) groups excluding carboxylic acids is 2. The minimum atomic E-state index is -1.56. The molecular weight excluding hydrogens is 416 g/mol. The van der Waals surface area contributed by atoms with Crippen LogP contribution in [-0.4, -0.2) is 40.5 Å². The van der Waals surface area contributed by atoms with Gasteiger partial charge in [-0.15, -0.1) is 11.3 Å². The quantitative estimate of drug-likeness (QED) is 0.683. The first-order chi connectivity index (χ1) is 14.7. The van der Waals surface area contributed by atoms with E-state index in [0.717, 1.165) is 4.88 Å². The lowest BCUT2D eigenvalue weighted by atomic mass is 9.83. The van der Waals surface area contributed by atoms with E-state index in [1.54, 1.807) is 6.07 Å². The summed E-state index contributed by atoms with van der Waals surface area (Å²) in [6.45, 7) is 3.78. The Bertz CT molecular complexity index is 1010. The molecule has 1 amide bonds. The van der Waals surface area contributed by atoms with Crippen molar-refractivity contribution >= 4 is 29.2 Å². The minimum absolute atomic E-state index is 0.0300. The monoisotopic (exact) mass is 440 g/mol. The number of hydrogen-bond acceptors (Lipinski definition) is 6. The van der Waals surface area contributed by atoms with Crippen molar-refractivity contribution in [3.05, 3.63) is 57.8 Å². The third kappa shape index (κ3) is 4.06. The number of hydrogen-bond donors (Lipinski definition) is 1. The van der Waals surface area contributed by atoms with Gasteiger partial charge in [0, 0.05) is 10.4 Å². The summed E-state index contributed by atoms with van der Waals surface area (Å²) >= 11 is 1.37. The average Bonchev–Trinajstić information content (AvgIpc) is 3.39. The summed E-state index contributed by atoms with van der Waals surface area (Å²) in [7, 11) is 1.27. The van der Waals surface area contributed by atoms with Crippen molar-refractivity contribution in [3.63, 3.8) is 0 Å². The number of nitrogens with zero attached hydrogens (tertiary/aromatic N) is 2. The molecule has 1 fully saturated rings. The van der Waals surface area contributed by atoms with Crippen LogP contribution in [0.15, 0.2) is 41.8 Å². The summed E-state index contributed by atoms with van der Waals surface area (Å²) in [5.41, 5.74) is -0.903. The molecule has 1 aliphatic heterocycles. The zero-order chi connectivity index (χ0) is 22.8. The highest BCUT2D eigenvalue weighted by Crippen LogP contribution is 2.51. The van der Waals surface area contributed by atoms with Crippen LogP contribution in [0.3, 0.4) is 0 Å². The Morgan fingerprint density at radius 3 is 2.45 bits per heavy atom. The molecule has 0 spiro atoms. The molecule has 3 unspecified atom stereocenters. The molecule has 1 saturated heterocycles. The van der Waals surface area contributed by atoms with Gasteiger partial charge in [0.15, 0.2) is 0 Å². The van der Waals surface area contributed by atoms with Crippen molar-refractivity contribution < 1.29 is 24.2 Å². The summed E-state index contributed by atoms with van der Waals surface area (Å²) in [4.78, 5) is 41.2. The molecular formula is C23H24N2O5S. The van der Waals surface area contributed by atoms with Gasteiger partial charge in [-0.2, -0.15) is 5.26 Å². The highest BCUT2D eigenvalue weighted by molar-refractivity contribution is 7.10. The smallest absolute Gasteiger partial charge is 0.329 e. The Kier molecular flexibility index (Phi) is 6.46. The first-order valence-electron chi connectivity index (χ1n) is 9.93. The van der Waals surface area contributed by atoms with Gasteiger partial charge in [-0.05, 0) is 54.5 Å². The topological polar surface area (TPSA) is 108 Å². The van der Waals surface area contributed by atoms with Crippen LogP contribution in [0, 0.1) is 23.2 Å². The summed E-state index contributed by atoms with van der Waals surface area (Å²) < 4.78 is 5.00. The number of carboxylic acid groups (broad SMARTS) is 1. The van der Waals surface area contributed by atoms with Gasteiger partial charge in [-0.25, -0.2) is 4.79 Å². The van der Waals surface area contributed by atoms with Gasteiger partial charge in [0.25, 0.3) is 5.91 Å². The van der Waals surface area contributed by atoms with Gasteiger partial charge in [0.2, 0.25) is 0 Å². The van der Waals surface area contributed by atoms with E-state index in [1.807, 2.05) is 31.4 Å². The van der Waals surface area contributed by atoms with Gasteiger partial charge in [0.05, 0.1) is 30.7 Å². The fourth-order valence-electron chi connectivity index (χ4n) is 4.45. The Morgan fingerprint density at radius 2 is 1.97 bits per heavy atom. The summed E-state index contributed by atoms with van der Waals surface area (Å²) in [6, 6.07) is 10.9. The van der Waals surface area contributed by atoms with Gasteiger partial charge in [0.1, 0.15) is 5.54 Å². The lowest BCUT2D eigenvalue weighted by Crippen LogP contribution is -2.54. The number of thiophene rings is 1. The maximum atomic E-state index is 13.7. The van der Waals surface area contributed by atoms with Crippen LogP contribution in [0.5, 0.6) is 0 Å². The number of nitriles is 1. The second-order valence-electron chi connectivity index (χ2n) is 8.09. The summed E-state index contributed by atoms with van der Waals surface area (Å²) in [5.74, 6) is -3.01. The molecule has 7 nitrogen and oxygen atoms in total. The number of amides is 1. The highest BCUT2D eigenvalue weighted by atomic mass is 32.1. The number of methoxy groups -OCH3 is 1. The van der Waals surface area contributed by atoms with Crippen molar-refractivity contribution in [1.82, 2.24) is 4.90 Å². The van der Waals surface area contributed by atoms with Crippen LogP contribution >= 0.6 is 11.3 Å². The number of benzene rings is 1. The Morgan fingerprint density at radius 1 is 1.29 bits per heavy atom. The predicted octanol–water partition coefficient (Wildman–Crippen LogP) is 3.87. The highest BCUT2D eigenvalue weighted by Gasteiger charge is 2.61.